The van der Waals surface area contributed by atoms with Gasteiger partial charge in [-0.2, -0.15) is 13.2 Å². The van der Waals surface area contributed by atoms with Crippen LogP contribution < -0.4 is 5.32 Å². The maximum absolute atomic E-state index is 12.5. The Labute approximate surface area is 116 Å². The Morgan fingerprint density at radius 2 is 2.25 bits per heavy atom. The zero-order valence-electron chi connectivity index (χ0n) is 11.4. The molecule has 3 nitrogen and oxygen atoms in total. The molecule has 2 unspecified atom stereocenters. The number of halogens is 3. The van der Waals surface area contributed by atoms with Crippen molar-refractivity contribution in [1.29, 1.82) is 0 Å². The van der Waals surface area contributed by atoms with Crippen LogP contribution in [0.2, 0.25) is 0 Å². The lowest BCUT2D eigenvalue weighted by atomic mass is 9.95. The van der Waals surface area contributed by atoms with Crippen LogP contribution in [0, 0.1) is 5.92 Å². The fraction of sp³-hybridized carbons (Fsp3) is 0.643. The van der Waals surface area contributed by atoms with Gasteiger partial charge in [0.05, 0.1) is 23.9 Å². The normalized spacial score (nSPS) is 21.1. The summed E-state index contributed by atoms with van der Waals surface area (Å²) in [7, 11) is 0. The van der Waals surface area contributed by atoms with Crippen molar-refractivity contribution in [2.75, 3.05) is 19.8 Å². The van der Waals surface area contributed by atoms with Crippen LogP contribution in [0.15, 0.2) is 18.3 Å². The van der Waals surface area contributed by atoms with Gasteiger partial charge in [0.2, 0.25) is 0 Å². The van der Waals surface area contributed by atoms with Gasteiger partial charge in [0.25, 0.3) is 0 Å². The number of aromatic nitrogens is 1. The molecule has 0 aromatic carbocycles. The summed E-state index contributed by atoms with van der Waals surface area (Å²) >= 11 is 0. The van der Waals surface area contributed by atoms with Gasteiger partial charge in [-0.25, -0.2) is 0 Å². The lowest BCUT2D eigenvalue weighted by Gasteiger charge is -2.23. The van der Waals surface area contributed by atoms with Crippen LogP contribution in [-0.4, -0.2) is 24.7 Å². The van der Waals surface area contributed by atoms with Gasteiger partial charge in [-0.15, -0.1) is 0 Å². The van der Waals surface area contributed by atoms with Crippen molar-refractivity contribution >= 4 is 0 Å². The highest BCUT2D eigenvalue weighted by Gasteiger charge is 2.32. The molecule has 1 saturated heterocycles. The van der Waals surface area contributed by atoms with Crippen LogP contribution in [-0.2, 0) is 10.9 Å². The molecular weight excluding hydrogens is 269 g/mol. The predicted octanol–water partition coefficient (Wildman–Crippen LogP) is 3.18. The first-order chi connectivity index (χ1) is 9.52. The lowest BCUT2D eigenvalue weighted by molar-refractivity contribution is -0.137. The zero-order valence-corrected chi connectivity index (χ0v) is 11.4. The molecule has 20 heavy (non-hydrogen) atoms. The Hall–Kier alpha value is -1.14. The second-order valence-corrected chi connectivity index (χ2v) is 5.02. The van der Waals surface area contributed by atoms with Crippen molar-refractivity contribution in [2.45, 2.75) is 32.0 Å². The largest absolute Gasteiger partial charge is 0.417 e. The number of pyridine rings is 1. The fourth-order valence-corrected chi connectivity index (χ4v) is 2.39. The third-order valence-electron chi connectivity index (χ3n) is 3.48. The van der Waals surface area contributed by atoms with Gasteiger partial charge in [0.15, 0.2) is 0 Å². The molecule has 0 radical (unpaired) electrons. The standard InChI is InChI=1S/C14H19F3N2O/c1-2-6-18-13(10-5-7-20-9-10)12-4-3-11(8-19-12)14(15,16)17/h3-4,8,10,13,18H,2,5-7,9H2,1H3. The van der Waals surface area contributed by atoms with Crippen LogP contribution in [0.3, 0.4) is 0 Å². The number of ether oxygens (including phenoxy) is 1. The van der Waals surface area contributed by atoms with E-state index in [2.05, 4.69) is 17.2 Å². The monoisotopic (exact) mass is 288 g/mol. The Morgan fingerprint density at radius 3 is 2.75 bits per heavy atom. The van der Waals surface area contributed by atoms with E-state index in [1.165, 1.54) is 6.07 Å². The van der Waals surface area contributed by atoms with Gasteiger partial charge in [-0.1, -0.05) is 6.92 Å². The molecule has 1 fully saturated rings. The summed E-state index contributed by atoms with van der Waals surface area (Å²) in [5, 5.41) is 3.36. The van der Waals surface area contributed by atoms with Crippen molar-refractivity contribution in [2.24, 2.45) is 5.92 Å². The average Bonchev–Trinajstić information content (AvgIpc) is 2.93. The molecule has 0 aliphatic carbocycles. The summed E-state index contributed by atoms with van der Waals surface area (Å²) in [4.78, 5) is 4.00. The van der Waals surface area contributed by atoms with Crippen LogP contribution in [0.4, 0.5) is 13.2 Å². The molecule has 1 aromatic rings. The Balaban J connectivity index is 2.15. The van der Waals surface area contributed by atoms with E-state index in [0.717, 1.165) is 31.6 Å². The van der Waals surface area contributed by atoms with Crippen molar-refractivity contribution in [1.82, 2.24) is 10.3 Å². The number of hydrogen-bond donors (Lipinski definition) is 1. The predicted molar refractivity (Wildman–Crippen MR) is 69.2 cm³/mol. The third-order valence-corrected chi connectivity index (χ3v) is 3.48. The minimum absolute atomic E-state index is 0.0419. The molecule has 2 atom stereocenters. The number of nitrogens with one attached hydrogen (secondary N) is 1. The fourth-order valence-electron chi connectivity index (χ4n) is 2.39. The van der Waals surface area contributed by atoms with Crippen LogP contribution >= 0.6 is 0 Å². The van der Waals surface area contributed by atoms with Crippen molar-refractivity contribution in [3.63, 3.8) is 0 Å². The molecule has 1 aliphatic rings. The second-order valence-electron chi connectivity index (χ2n) is 5.02. The molecule has 0 saturated carbocycles. The minimum Gasteiger partial charge on any atom is -0.381 e. The summed E-state index contributed by atoms with van der Waals surface area (Å²) in [5.74, 6) is 0.269. The van der Waals surface area contributed by atoms with Crippen LogP contribution in [0.5, 0.6) is 0 Å². The van der Waals surface area contributed by atoms with Crippen molar-refractivity contribution in [3.05, 3.63) is 29.6 Å². The van der Waals surface area contributed by atoms with Gasteiger partial charge in [-0.05, 0) is 31.5 Å². The van der Waals surface area contributed by atoms with Gasteiger partial charge in [-0.3, -0.25) is 4.98 Å². The van der Waals surface area contributed by atoms with E-state index in [1.807, 2.05) is 0 Å². The quantitative estimate of drug-likeness (QED) is 0.903. The number of rotatable bonds is 5. The molecule has 0 bridgehead atoms. The molecule has 112 valence electrons. The molecular formula is C14H19F3N2O. The van der Waals surface area contributed by atoms with Gasteiger partial charge < -0.3 is 10.1 Å². The van der Waals surface area contributed by atoms with E-state index in [1.54, 1.807) is 0 Å². The SMILES string of the molecule is CCCNC(c1ccc(C(F)(F)F)cn1)C1CCOC1. The highest BCUT2D eigenvalue weighted by atomic mass is 19.4. The van der Waals surface area contributed by atoms with Gasteiger partial charge in [0, 0.05) is 18.7 Å². The summed E-state index contributed by atoms with van der Waals surface area (Å²) in [6, 6.07) is 2.52. The first kappa shape index (κ1) is 15.3. The Kier molecular flexibility index (Phi) is 4.99. The molecule has 0 spiro atoms. The Morgan fingerprint density at radius 1 is 1.45 bits per heavy atom. The molecule has 0 amide bonds. The van der Waals surface area contributed by atoms with Crippen LogP contribution in [0.1, 0.15) is 37.1 Å². The summed E-state index contributed by atoms with van der Waals surface area (Å²) in [5.41, 5.74) is -0.0555. The van der Waals surface area contributed by atoms with Crippen molar-refractivity contribution in [3.8, 4) is 0 Å². The van der Waals surface area contributed by atoms with Gasteiger partial charge >= 0.3 is 6.18 Å². The first-order valence-corrected chi connectivity index (χ1v) is 6.86. The second kappa shape index (κ2) is 6.54. The number of alkyl halides is 3. The van der Waals surface area contributed by atoms with Crippen molar-refractivity contribution < 1.29 is 17.9 Å². The highest BCUT2D eigenvalue weighted by molar-refractivity contribution is 5.19. The Bertz CT molecular complexity index is 413. The molecule has 2 rings (SSSR count). The lowest BCUT2D eigenvalue weighted by Crippen LogP contribution is -2.30. The maximum Gasteiger partial charge on any atom is 0.417 e. The van der Waals surface area contributed by atoms with E-state index in [0.29, 0.717) is 18.9 Å². The number of nitrogens with zero attached hydrogens (tertiary/aromatic N) is 1. The topological polar surface area (TPSA) is 34.2 Å². The minimum atomic E-state index is -4.34. The molecule has 2 heterocycles. The van der Waals surface area contributed by atoms with E-state index in [4.69, 9.17) is 4.74 Å². The smallest absolute Gasteiger partial charge is 0.381 e. The summed E-state index contributed by atoms with van der Waals surface area (Å²) in [6.45, 7) is 4.19. The average molecular weight is 288 g/mol. The van der Waals surface area contributed by atoms with Gasteiger partial charge in [0.1, 0.15) is 0 Å². The molecule has 6 heteroatoms. The van der Waals surface area contributed by atoms with E-state index >= 15 is 0 Å². The summed E-state index contributed by atoms with van der Waals surface area (Å²) < 4.78 is 43.0. The highest BCUT2D eigenvalue weighted by Crippen LogP contribution is 2.31. The molecule has 1 aliphatic heterocycles. The first-order valence-electron chi connectivity index (χ1n) is 6.86. The zero-order chi connectivity index (χ0) is 14.6. The van der Waals surface area contributed by atoms with E-state index in [-0.39, 0.29) is 12.0 Å². The van der Waals surface area contributed by atoms with E-state index < -0.39 is 11.7 Å². The van der Waals surface area contributed by atoms with Crippen LogP contribution in [0.25, 0.3) is 0 Å². The van der Waals surface area contributed by atoms with E-state index in [9.17, 15) is 13.2 Å². The maximum atomic E-state index is 12.5. The molecule has 1 aromatic heterocycles. The number of hydrogen-bond acceptors (Lipinski definition) is 3. The summed E-state index contributed by atoms with van der Waals surface area (Å²) in [6.07, 6.45) is -1.56. The molecule has 1 N–H and O–H groups in total. The third kappa shape index (κ3) is 3.70.